The smallest absolute Gasteiger partial charge is 0.00153 e. The summed E-state index contributed by atoms with van der Waals surface area (Å²) in [5.74, 6) is 0.491. The van der Waals surface area contributed by atoms with Crippen molar-refractivity contribution < 1.29 is 0 Å². The molecule has 0 aromatic rings. The van der Waals surface area contributed by atoms with Crippen LogP contribution in [0.2, 0.25) is 0 Å². The van der Waals surface area contributed by atoms with Crippen LogP contribution in [0.4, 0.5) is 0 Å². The van der Waals surface area contributed by atoms with Crippen LogP contribution in [0.5, 0.6) is 0 Å². The van der Waals surface area contributed by atoms with Crippen molar-refractivity contribution in [1.29, 1.82) is 0 Å². The Morgan fingerprint density at radius 3 is 1.83 bits per heavy atom. The Labute approximate surface area is 82.1 Å². The van der Waals surface area contributed by atoms with Crippen LogP contribution in [0.15, 0.2) is 12.2 Å². The number of thiocarbonyl (C=S) groups is 1. The molecule has 0 bridgehead atoms. The van der Waals surface area contributed by atoms with Crippen LogP contribution in [-0.2, 0) is 0 Å². The molecule has 12 heavy (non-hydrogen) atoms. The maximum Gasteiger partial charge on any atom is -0.00153 e. The molecule has 1 atom stereocenters. The third kappa shape index (κ3) is 4.01. The average Bonchev–Trinajstić information content (AvgIpc) is 1.79. The van der Waals surface area contributed by atoms with E-state index in [2.05, 4.69) is 34.3 Å². The van der Waals surface area contributed by atoms with Crippen molar-refractivity contribution in [2.45, 2.75) is 41.0 Å². The van der Waals surface area contributed by atoms with Crippen molar-refractivity contribution in [2.24, 2.45) is 11.3 Å². The topological polar surface area (TPSA) is 0 Å². The van der Waals surface area contributed by atoms with Crippen molar-refractivity contribution in [3.8, 4) is 0 Å². The lowest BCUT2D eigenvalue weighted by Crippen LogP contribution is -2.25. The average molecular weight is 184 g/mol. The van der Waals surface area contributed by atoms with Crippen molar-refractivity contribution >= 4 is 17.1 Å². The van der Waals surface area contributed by atoms with Crippen molar-refractivity contribution in [3.63, 3.8) is 0 Å². The lowest BCUT2D eigenvalue weighted by Gasteiger charge is -2.30. The molecule has 1 heteroatoms. The first-order valence-electron chi connectivity index (χ1n) is 4.40. The predicted molar refractivity (Wildman–Crippen MR) is 60.6 cm³/mol. The molecule has 0 nitrogen and oxygen atoms in total. The van der Waals surface area contributed by atoms with E-state index in [0.29, 0.717) is 5.92 Å². The van der Waals surface area contributed by atoms with Gasteiger partial charge in [-0.05, 0) is 36.5 Å². The highest BCUT2D eigenvalue weighted by molar-refractivity contribution is 7.80. The van der Waals surface area contributed by atoms with Crippen LogP contribution in [0.3, 0.4) is 0 Å². The van der Waals surface area contributed by atoms with Crippen molar-refractivity contribution in [1.82, 2.24) is 0 Å². The number of hydrogen-bond acceptors (Lipinski definition) is 1. The highest BCUT2D eigenvalue weighted by Gasteiger charge is 2.25. The van der Waals surface area contributed by atoms with Crippen LogP contribution in [-0.4, -0.2) is 4.86 Å². The second kappa shape index (κ2) is 4.18. The van der Waals surface area contributed by atoms with E-state index < -0.39 is 0 Å². The Bertz CT molecular complexity index is 184. The molecular weight excluding hydrogens is 164 g/mol. The van der Waals surface area contributed by atoms with Crippen molar-refractivity contribution in [2.75, 3.05) is 0 Å². The van der Waals surface area contributed by atoms with E-state index in [9.17, 15) is 0 Å². The van der Waals surface area contributed by atoms with E-state index in [4.69, 9.17) is 12.2 Å². The summed E-state index contributed by atoms with van der Waals surface area (Å²) in [5.41, 5.74) is 1.49. The molecule has 0 spiro atoms. The standard InChI is InChI=1S/C11H20S/c1-8(2)7-10(9(3)12)11(4,5)6/h10H,1,7H2,2-6H3. The minimum absolute atomic E-state index is 0.269. The van der Waals surface area contributed by atoms with Gasteiger partial charge in [0.15, 0.2) is 0 Å². The number of hydrogen-bond donors (Lipinski definition) is 0. The molecule has 0 rings (SSSR count). The molecule has 0 N–H and O–H groups in total. The predicted octanol–water partition coefficient (Wildman–Crippen LogP) is 4.00. The summed E-state index contributed by atoms with van der Waals surface area (Å²) in [6, 6.07) is 0. The van der Waals surface area contributed by atoms with Crippen LogP contribution >= 0.6 is 12.2 Å². The zero-order valence-corrected chi connectivity index (χ0v) is 9.72. The Kier molecular flexibility index (Phi) is 4.12. The van der Waals surface area contributed by atoms with Gasteiger partial charge in [-0.3, -0.25) is 0 Å². The summed E-state index contributed by atoms with van der Waals surface area (Å²) >= 11 is 5.24. The van der Waals surface area contributed by atoms with E-state index in [1.54, 1.807) is 0 Å². The molecular formula is C11H20S. The Morgan fingerprint density at radius 2 is 1.75 bits per heavy atom. The quantitative estimate of drug-likeness (QED) is 0.472. The molecule has 1 unspecified atom stereocenters. The first-order valence-corrected chi connectivity index (χ1v) is 4.81. The van der Waals surface area contributed by atoms with Gasteiger partial charge in [0.05, 0.1) is 0 Å². The molecule has 0 heterocycles. The molecule has 0 aromatic carbocycles. The lowest BCUT2D eigenvalue weighted by molar-refractivity contribution is 0.313. The van der Waals surface area contributed by atoms with Crippen molar-refractivity contribution in [3.05, 3.63) is 12.2 Å². The molecule has 0 radical (unpaired) electrons. The normalized spacial score (nSPS) is 14.1. The van der Waals surface area contributed by atoms with Gasteiger partial charge in [-0.1, -0.05) is 38.6 Å². The largest absolute Gasteiger partial charge is 0.100 e. The molecule has 0 aromatic heterocycles. The van der Waals surface area contributed by atoms with Gasteiger partial charge in [-0.2, -0.15) is 0 Å². The Balaban J connectivity index is 4.46. The molecule has 0 aliphatic rings. The van der Waals surface area contributed by atoms with Gasteiger partial charge in [-0.15, -0.1) is 6.58 Å². The zero-order valence-electron chi connectivity index (χ0n) is 8.90. The molecule has 0 amide bonds. The highest BCUT2D eigenvalue weighted by atomic mass is 32.1. The van der Waals surface area contributed by atoms with Crippen LogP contribution in [0, 0.1) is 11.3 Å². The second-order valence-electron chi connectivity index (χ2n) is 4.69. The fourth-order valence-electron chi connectivity index (χ4n) is 1.41. The summed E-state index contributed by atoms with van der Waals surface area (Å²) in [6.07, 6.45) is 1.03. The first-order chi connectivity index (χ1) is 5.25. The number of rotatable bonds is 3. The summed E-state index contributed by atoms with van der Waals surface area (Å²) in [4.78, 5) is 1.10. The van der Waals surface area contributed by atoms with Gasteiger partial charge >= 0.3 is 0 Å². The summed E-state index contributed by atoms with van der Waals surface area (Å²) in [7, 11) is 0. The molecule has 70 valence electrons. The van der Waals surface area contributed by atoms with Crippen LogP contribution in [0.25, 0.3) is 0 Å². The summed E-state index contributed by atoms with van der Waals surface area (Å²) < 4.78 is 0. The molecule has 0 aliphatic carbocycles. The second-order valence-corrected chi connectivity index (χ2v) is 5.33. The molecule has 0 saturated heterocycles. The first kappa shape index (κ1) is 11.8. The SMILES string of the molecule is C=C(C)CC(C(C)=S)C(C)(C)C. The lowest BCUT2D eigenvalue weighted by atomic mass is 9.76. The Morgan fingerprint density at radius 1 is 1.33 bits per heavy atom. The molecule has 0 aliphatic heterocycles. The maximum atomic E-state index is 5.24. The van der Waals surface area contributed by atoms with Crippen LogP contribution < -0.4 is 0 Å². The summed E-state index contributed by atoms with van der Waals surface area (Å²) in [6.45, 7) is 14.7. The Hall–Kier alpha value is -0.170. The fourth-order valence-corrected chi connectivity index (χ4v) is 1.85. The van der Waals surface area contributed by atoms with Gasteiger partial charge in [0.1, 0.15) is 0 Å². The van der Waals surface area contributed by atoms with Gasteiger partial charge in [-0.25, -0.2) is 0 Å². The molecule has 0 saturated carbocycles. The monoisotopic (exact) mass is 184 g/mol. The minimum atomic E-state index is 0.269. The van der Waals surface area contributed by atoms with E-state index >= 15 is 0 Å². The highest BCUT2D eigenvalue weighted by Crippen LogP contribution is 2.31. The summed E-state index contributed by atoms with van der Waals surface area (Å²) in [5, 5.41) is 0. The van der Waals surface area contributed by atoms with E-state index in [-0.39, 0.29) is 5.41 Å². The third-order valence-corrected chi connectivity index (χ3v) is 2.37. The zero-order chi connectivity index (χ0) is 9.94. The van der Waals surface area contributed by atoms with E-state index in [1.807, 2.05) is 6.92 Å². The van der Waals surface area contributed by atoms with E-state index in [1.165, 1.54) is 5.57 Å². The van der Waals surface area contributed by atoms with Gasteiger partial charge in [0.25, 0.3) is 0 Å². The van der Waals surface area contributed by atoms with Gasteiger partial charge < -0.3 is 0 Å². The maximum absolute atomic E-state index is 5.24. The van der Waals surface area contributed by atoms with Gasteiger partial charge in [0, 0.05) is 0 Å². The minimum Gasteiger partial charge on any atom is -0.100 e. The molecule has 0 fully saturated rings. The fraction of sp³-hybridized carbons (Fsp3) is 0.727. The number of allylic oxidation sites excluding steroid dienone is 1. The third-order valence-electron chi connectivity index (χ3n) is 2.09. The van der Waals surface area contributed by atoms with Gasteiger partial charge in [0.2, 0.25) is 0 Å². The van der Waals surface area contributed by atoms with E-state index in [0.717, 1.165) is 11.3 Å². The van der Waals surface area contributed by atoms with Crippen LogP contribution in [0.1, 0.15) is 41.0 Å².